The van der Waals surface area contributed by atoms with Gasteiger partial charge in [0.25, 0.3) is 5.89 Å². The monoisotopic (exact) mass is 316 g/mol. The molecule has 2 aromatic rings. The quantitative estimate of drug-likeness (QED) is 0.939. The van der Waals surface area contributed by atoms with Gasteiger partial charge in [-0.2, -0.15) is 4.98 Å². The van der Waals surface area contributed by atoms with Crippen LogP contribution in [0.15, 0.2) is 27.2 Å². The number of halogens is 2. The summed E-state index contributed by atoms with van der Waals surface area (Å²) in [5.74, 6) is 0.642. The molecule has 0 bridgehead atoms. The highest BCUT2D eigenvalue weighted by atomic mass is 79.9. The average Bonchev–Trinajstić information content (AvgIpc) is 2.81. The van der Waals surface area contributed by atoms with Gasteiger partial charge in [0.15, 0.2) is 0 Å². The van der Waals surface area contributed by atoms with E-state index in [9.17, 15) is 5.11 Å². The Balaban J connectivity index is 2.33. The molecule has 0 radical (unpaired) electrons. The number of aliphatic hydroxyl groups is 1. The lowest BCUT2D eigenvalue weighted by Crippen LogP contribution is -1.97. The predicted molar refractivity (Wildman–Crippen MR) is 67.7 cm³/mol. The number of aromatic nitrogens is 2. The lowest BCUT2D eigenvalue weighted by atomic mass is 10.2. The van der Waals surface area contributed by atoms with Crippen molar-refractivity contribution in [2.24, 2.45) is 0 Å². The zero-order valence-electron chi connectivity index (χ0n) is 9.02. The first kappa shape index (κ1) is 12.5. The molecular formula is C11H10BrClN2O2. The third kappa shape index (κ3) is 2.68. The van der Waals surface area contributed by atoms with Gasteiger partial charge in [0.1, 0.15) is 6.10 Å². The van der Waals surface area contributed by atoms with Gasteiger partial charge in [0.2, 0.25) is 5.82 Å². The van der Waals surface area contributed by atoms with Gasteiger partial charge < -0.3 is 9.63 Å². The van der Waals surface area contributed by atoms with Crippen LogP contribution in [-0.2, 0) is 0 Å². The highest BCUT2D eigenvalue weighted by Gasteiger charge is 2.15. The minimum atomic E-state index is -0.696. The molecule has 1 atom stereocenters. The first-order valence-corrected chi connectivity index (χ1v) is 6.26. The second kappa shape index (κ2) is 5.16. The lowest BCUT2D eigenvalue weighted by Gasteiger charge is -1.99. The van der Waals surface area contributed by atoms with Crippen molar-refractivity contribution in [3.05, 3.63) is 33.5 Å². The van der Waals surface area contributed by atoms with Gasteiger partial charge >= 0.3 is 0 Å². The maximum absolute atomic E-state index is 9.57. The van der Waals surface area contributed by atoms with E-state index < -0.39 is 6.10 Å². The van der Waals surface area contributed by atoms with E-state index >= 15 is 0 Å². The van der Waals surface area contributed by atoms with E-state index in [0.717, 1.165) is 10.0 Å². The van der Waals surface area contributed by atoms with Crippen LogP contribution in [0.5, 0.6) is 0 Å². The van der Waals surface area contributed by atoms with E-state index in [1.807, 2.05) is 13.0 Å². The van der Waals surface area contributed by atoms with Gasteiger partial charge in [0.05, 0.1) is 5.02 Å². The summed E-state index contributed by atoms with van der Waals surface area (Å²) in [5.41, 5.74) is 0.722. The molecule has 0 aliphatic rings. The average molecular weight is 318 g/mol. The first-order valence-electron chi connectivity index (χ1n) is 5.09. The standard InChI is InChI=1S/C11H10BrClN2O2/c1-2-9(16)10-14-11(17-15-10)6-3-4-7(12)8(13)5-6/h3-5,9,16H,2H2,1H3. The maximum atomic E-state index is 9.57. The molecule has 0 fully saturated rings. The molecule has 1 aromatic carbocycles. The van der Waals surface area contributed by atoms with Crippen LogP contribution in [0.1, 0.15) is 25.3 Å². The Hall–Kier alpha value is -0.910. The van der Waals surface area contributed by atoms with Crippen molar-refractivity contribution in [1.29, 1.82) is 0 Å². The Morgan fingerprint density at radius 2 is 2.29 bits per heavy atom. The van der Waals surface area contributed by atoms with E-state index in [2.05, 4.69) is 26.1 Å². The molecule has 1 heterocycles. The van der Waals surface area contributed by atoms with Gasteiger partial charge in [-0.3, -0.25) is 0 Å². The van der Waals surface area contributed by atoms with Gasteiger partial charge in [0, 0.05) is 10.0 Å². The molecule has 0 aliphatic carbocycles. The summed E-state index contributed by atoms with van der Waals surface area (Å²) in [4.78, 5) is 4.12. The van der Waals surface area contributed by atoms with Crippen molar-refractivity contribution in [2.75, 3.05) is 0 Å². The van der Waals surface area contributed by atoms with E-state index in [1.54, 1.807) is 12.1 Å². The molecule has 1 aromatic heterocycles. The zero-order chi connectivity index (χ0) is 12.4. The number of rotatable bonds is 3. The Bertz CT molecular complexity index is 530. The van der Waals surface area contributed by atoms with Crippen molar-refractivity contribution in [3.63, 3.8) is 0 Å². The highest BCUT2D eigenvalue weighted by Crippen LogP contribution is 2.28. The van der Waals surface area contributed by atoms with Crippen molar-refractivity contribution in [3.8, 4) is 11.5 Å². The maximum Gasteiger partial charge on any atom is 0.258 e. The Morgan fingerprint density at radius 1 is 1.53 bits per heavy atom. The number of aliphatic hydroxyl groups excluding tert-OH is 1. The fourth-order valence-corrected chi connectivity index (χ4v) is 1.73. The van der Waals surface area contributed by atoms with E-state index in [-0.39, 0.29) is 0 Å². The zero-order valence-corrected chi connectivity index (χ0v) is 11.4. The molecule has 90 valence electrons. The van der Waals surface area contributed by atoms with Gasteiger partial charge in [-0.15, -0.1) is 0 Å². The van der Waals surface area contributed by atoms with Crippen molar-refractivity contribution >= 4 is 27.5 Å². The summed E-state index contributed by atoms with van der Waals surface area (Å²) < 4.78 is 5.88. The number of nitrogens with zero attached hydrogens (tertiary/aromatic N) is 2. The van der Waals surface area contributed by atoms with Crippen LogP contribution in [0.25, 0.3) is 11.5 Å². The summed E-state index contributed by atoms with van der Waals surface area (Å²) in [5, 5.41) is 13.9. The molecule has 4 nitrogen and oxygen atoms in total. The normalized spacial score (nSPS) is 12.7. The summed E-state index contributed by atoms with van der Waals surface area (Å²) in [6, 6.07) is 5.34. The van der Waals surface area contributed by atoms with Gasteiger partial charge in [-0.05, 0) is 40.5 Å². The Labute approximate surface area is 112 Å². The van der Waals surface area contributed by atoms with Crippen LogP contribution >= 0.6 is 27.5 Å². The molecule has 1 N–H and O–H groups in total. The molecule has 17 heavy (non-hydrogen) atoms. The third-order valence-corrected chi connectivity index (χ3v) is 3.53. The Morgan fingerprint density at radius 3 is 2.94 bits per heavy atom. The fourth-order valence-electron chi connectivity index (χ4n) is 1.30. The molecule has 0 saturated carbocycles. The van der Waals surface area contributed by atoms with Crippen LogP contribution in [0.4, 0.5) is 0 Å². The molecule has 1 unspecified atom stereocenters. The van der Waals surface area contributed by atoms with Crippen LogP contribution in [-0.4, -0.2) is 15.2 Å². The van der Waals surface area contributed by atoms with Crippen LogP contribution in [0.2, 0.25) is 5.02 Å². The number of hydrogen-bond donors (Lipinski definition) is 1. The topological polar surface area (TPSA) is 59.2 Å². The van der Waals surface area contributed by atoms with Gasteiger partial charge in [-0.1, -0.05) is 23.7 Å². The van der Waals surface area contributed by atoms with Crippen molar-refractivity contribution < 1.29 is 9.63 Å². The predicted octanol–water partition coefficient (Wildman–Crippen LogP) is 3.60. The molecule has 0 aliphatic heterocycles. The molecule has 6 heteroatoms. The SMILES string of the molecule is CCC(O)c1noc(-c2ccc(Br)c(Cl)c2)n1. The van der Waals surface area contributed by atoms with E-state index in [4.69, 9.17) is 16.1 Å². The smallest absolute Gasteiger partial charge is 0.258 e. The fraction of sp³-hybridized carbons (Fsp3) is 0.273. The second-order valence-electron chi connectivity index (χ2n) is 3.51. The van der Waals surface area contributed by atoms with Crippen LogP contribution < -0.4 is 0 Å². The van der Waals surface area contributed by atoms with Crippen molar-refractivity contribution in [1.82, 2.24) is 10.1 Å². The van der Waals surface area contributed by atoms with Crippen molar-refractivity contribution in [2.45, 2.75) is 19.4 Å². The molecule has 0 spiro atoms. The van der Waals surface area contributed by atoms with Crippen LogP contribution in [0.3, 0.4) is 0 Å². The Kier molecular flexibility index (Phi) is 3.81. The third-order valence-electron chi connectivity index (χ3n) is 2.29. The summed E-state index contributed by atoms with van der Waals surface area (Å²) in [6.45, 7) is 1.84. The minimum absolute atomic E-state index is 0.293. The van der Waals surface area contributed by atoms with E-state index in [0.29, 0.717) is 23.2 Å². The molecule has 0 saturated heterocycles. The van der Waals surface area contributed by atoms with E-state index in [1.165, 1.54) is 0 Å². The highest BCUT2D eigenvalue weighted by molar-refractivity contribution is 9.10. The lowest BCUT2D eigenvalue weighted by molar-refractivity contribution is 0.159. The second-order valence-corrected chi connectivity index (χ2v) is 4.77. The summed E-state index contributed by atoms with van der Waals surface area (Å²) >= 11 is 9.28. The molecular weight excluding hydrogens is 307 g/mol. The number of hydrogen-bond acceptors (Lipinski definition) is 4. The first-order chi connectivity index (χ1) is 8.11. The summed E-state index contributed by atoms with van der Waals surface area (Å²) in [7, 11) is 0. The minimum Gasteiger partial charge on any atom is -0.385 e. The van der Waals surface area contributed by atoms with Crippen LogP contribution in [0, 0.1) is 0 Å². The number of benzene rings is 1. The molecule has 2 rings (SSSR count). The van der Waals surface area contributed by atoms with Gasteiger partial charge in [-0.25, -0.2) is 0 Å². The largest absolute Gasteiger partial charge is 0.385 e. The summed E-state index contributed by atoms with van der Waals surface area (Å²) in [6.07, 6.45) is -0.154. The molecule has 0 amide bonds.